The third kappa shape index (κ3) is 3.19. The molecule has 3 rings (SSSR count). The van der Waals surface area contributed by atoms with Gasteiger partial charge in [0.2, 0.25) is 0 Å². The summed E-state index contributed by atoms with van der Waals surface area (Å²) in [6.07, 6.45) is 2.37. The molecule has 0 bridgehead atoms. The molecule has 0 fully saturated rings. The normalized spacial score (nSPS) is 12.2. The van der Waals surface area contributed by atoms with Crippen LogP contribution in [0.2, 0.25) is 0 Å². The lowest BCUT2D eigenvalue weighted by atomic mass is 9.97. The fourth-order valence-corrected chi connectivity index (χ4v) is 2.66. The van der Waals surface area contributed by atoms with Crippen LogP contribution in [-0.2, 0) is 16.1 Å². The zero-order valence-corrected chi connectivity index (χ0v) is 12.6. The minimum atomic E-state index is -0.165. The molecule has 3 aromatic rings. The molecule has 1 atom stereocenters. The first-order chi connectivity index (χ1) is 10.7. The number of nitrogens with one attached hydrogen (secondary N) is 1. The Balaban J connectivity index is 1.61. The summed E-state index contributed by atoms with van der Waals surface area (Å²) in [5, 5.41) is 1.17. The van der Waals surface area contributed by atoms with Crippen molar-refractivity contribution in [2.45, 2.75) is 25.9 Å². The molecular formula is C19H19NO2. The molecule has 112 valence electrons. The number of fused-ring (bicyclic) bond motifs is 1. The van der Waals surface area contributed by atoms with E-state index in [1.807, 2.05) is 54.7 Å². The Morgan fingerprint density at radius 3 is 2.64 bits per heavy atom. The van der Waals surface area contributed by atoms with E-state index in [4.69, 9.17) is 4.74 Å². The van der Waals surface area contributed by atoms with Crippen molar-refractivity contribution in [2.24, 2.45) is 0 Å². The Kier molecular flexibility index (Phi) is 4.24. The lowest BCUT2D eigenvalue weighted by Gasteiger charge is -2.10. The van der Waals surface area contributed by atoms with Gasteiger partial charge in [-0.2, -0.15) is 0 Å². The molecule has 0 amide bonds. The number of benzene rings is 2. The van der Waals surface area contributed by atoms with E-state index in [0.717, 1.165) is 16.6 Å². The Hall–Kier alpha value is -2.55. The van der Waals surface area contributed by atoms with Gasteiger partial charge in [0.15, 0.2) is 0 Å². The minimum absolute atomic E-state index is 0.124. The van der Waals surface area contributed by atoms with Gasteiger partial charge in [-0.1, -0.05) is 55.5 Å². The number of para-hydroxylation sites is 1. The Morgan fingerprint density at radius 2 is 1.82 bits per heavy atom. The number of H-pyrrole nitrogens is 1. The van der Waals surface area contributed by atoms with Gasteiger partial charge in [-0.3, -0.25) is 4.79 Å². The van der Waals surface area contributed by atoms with Crippen LogP contribution in [0.15, 0.2) is 60.8 Å². The highest BCUT2D eigenvalue weighted by molar-refractivity contribution is 5.84. The second-order valence-corrected chi connectivity index (χ2v) is 5.54. The van der Waals surface area contributed by atoms with E-state index in [0.29, 0.717) is 13.0 Å². The van der Waals surface area contributed by atoms with Gasteiger partial charge in [-0.15, -0.1) is 0 Å². The van der Waals surface area contributed by atoms with E-state index in [2.05, 4.69) is 18.0 Å². The van der Waals surface area contributed by atoms with Gasteiger partial charge in [0, 0.05) is 17.1 Å². The molecule has 0 saturated carbocycles. The number of aromatic nitrogens is 1. The highest BCUT2D eigenvalue weighted by Crippen LogP contribution is 2.27. The van der Waals surface area contributed by atoms with Gasteiger partial charge in [0.1, 0.15) is 6.61 Å². The fourth-order valence-electron chi connectivity index (χ4n) is 2.66. The number of hydrogen-bond donors (Lipinski definition) is 1. The third-order valence-electron chi connectivity index (χ3n) is 3.87. The minimum Gasteiger partial charge on any atom is -0.461 e. The molecule has 22 heavy (non-hydrogen) atoms. The Labute approximate surface area is 129 Å². The summed E-state index contributed by atoms with van der Waals surface area (Å²) in [5.41, 5.74) is 3.27. The van der Waals surface area contributed by atoms with Gasteiger partial charge in [0.05, 0.1) is 6.42 Å². The molecule has 0 spiro atoms. The van der Waals surface area contributed by atoms with Gasteiger partial charge >= 0.3 is 5.97 Å². The van der Waals surface area contributed by atoms with Crippen molar-refractivity contribution in [1.29, 1.82) is 0 Å². The quantitative estimate of drug-likeness (QED) is 0.708. The second kappa shape index (κ2) is 6.48. The number of carbonyl (C=O) groups is 1. The number of esters is 1. The maximum Gasteiger partial charge on any atom is 0.306 e. The summed E-state index contributed by atoms with van der Waals surface area (Å²) < 4.78 is 5.36. The van der Waals surface area contributed by atoms with Gasteiger partial charge < -0.3 is 9.72 Å². The van der Waals surface area contributed by atoms with Crippen LogP contribution in [0.1, 0.15) is 30.4 Å². The van der Waals surface area contributed by atoms with Crippen LogP contribution in [0.3, 0.4) is 0 Å². The lowest BCUT2D eigenvalue weighted by Crippen LogP contribution is -2.08. The van der Waals surface area contributed by atoms with Crippen molar-refractivity contribution in [3.8, 4) is 0 Å². The standard InChI is InChI=1S/C19H19NO2/c1-14(17-12-20-18-10-6-5-9-16(17)18)11-19(21)22-13-15-7-3-2-4-8-15/h2-10,12,14,20H,11,13H2,1H3/t14-/m1/s1. The smallest absolute Gasteiger partial charge is 0.306 e. The van der Waals surface area contributed by atoms with Crippen LogP contribution in [0.4, 0.5) is 0 Å². The zero-order chi connectivity index (χ0) is 15.4. The molecule has 1 heterocycles. The van der Waals surface area contributed by atoms with E-state index in [1.165, 1.54) is 5.39 Å². The first kappa shape index (κ1) is 14.4. The van der Waals surface area contributed by atoms with Crippen molar-refractivity contribution in [2.75, 3.05) is 0 Å². The van der Waals surface area contributed by atoms with Crippen LogP contribution < -0.4 is 0 Å². The lowest BCUT2D eigenvalue weighted by molar-refractivity contribution is -0.145. The van der Waals surface area contributed by atoms with Crippen molar-refractivity contribution >= 4 is 16.9 Å². The Bertz CT molecular complexity index is 761. The molecule has 2 aromatic carbocycles. The monoisotopic (exact) mass is 293 g/mol. The highest BCUT2D eigenvalue weighted by atomic mass is 16.5. The van der Waals surface area contributed by atoms with E-state index >= 15 is 0 Å². The number of rotatable bonds is 5. The summed E-state index contributed by atoms with van der Waals surface area (Å²) in [7, 11) is 0. The summed E-state index contributed by atoms with van der Waals surface area (Å²) in [5.74, 6) is -0.0407. The van der Waals surface area contributed by atoms with Gasteiger partial charge in [-0.25, -0.2) is 0 Å². The molecule has 0 aliphatic heterocycles. The molecule has 0 aliphatic rings. The largest absolute Gasteiger partial charge is 0.461 e. The van der Waals surface area contributed by atoms with Gasteiger partial charge in [0.25, 0.3) is 0 Å². The molecule has 0 saturated heterocycles. The number of carbonyl (C=O) groups excluding carboxylic acids is 1. The zero-order valence-electron chi connectivity index (χ0n) is 12.6. The van der Waals surface area contributed by atoms with Crippen LogP contribution in [0.25, 0.3) is 10.9 Å². The predicted octanol–water partition coefficient (Wildman–Crippen LogP) is 4.40. The van der Waals surface area contributed by atoms with Crippen molar-refractivity contribution in [3.63, 3.8) is 0 Å². The molecule has 1 N–H and O–H groups in total. The molecule has 0 unspecified atom stereocenters. The fraction of sp³-hybridized carbons (Fsp3) is 0.211. The van der Waals surface area contributed by atoms with Crippen molar-refractivity contribution < 1.29 is 9.53 Å². The molecule has 3 heteroatoms. The summed E-state index contributed by atoms with van der Waals surface area (Å²) in [6.45, 7) is 2.39. The van der Waals surface area contributed by atoms with Crippen LogP contribution in [-0.4, -0.2) is 11.0 Å². The molecule has 0 radical (unpaired) electrons. The maximum atomic E-state index is 12.0. The molecule has 0 aliphatic carbocycles. The molecule has 1 aromatic heterocycles. The van der Waals surface area contributed by atoms with Crippen molar-refractivity contribution in [1.82, 2.24) is 4.98 Å². The average Bonchev–Trinajstić information content (AvgIpc) is 2.98. The summed E-state index contributed by atoms with van der Waals surface area (Å²) in [6, 6.07) is 17.9. The predicted molar refractivity (Wildman–Crippen MR) is 87.6 cm³/mol. The van der Waals surface area contributed by atoms with Crippen molar-refractivity contribution in [3.05, 3.63) is 71.9 Å². The number of aromatic amines is 1. The Morgan fingerprint density at radius 1 is 1.09 bits per heavy atom. The van der Waals surface area contributed by atoms with E-state index in [-0.39, 0.29) is 11.9 Å². The first-order valence-electron chi connectivity index (χ1n) is 7.49. The SMILES string of the molecule is C[C@H](CC(=O)OCc1ccccc1)c1c[nH]c2ccccc12. The third-order valence-corrected chi connectivity index (χ3v) is 3.87. The molecular weight excluding hydrogens is 274 g/mol. The second-order valence-electron chi connectivity index (χ2n) is 5.54. The topological polar surface area (TPSA) is 42.1 Å². The van der Waals surface area contributed by atoms with E-state index in [1.54, 1.807) is 0 Å². The van der Waals surface area contributed by atoms with Crippen LogP contribution >= 0.6 is 0 Å². The summed E-state index contributed by atoms with van der Waals surface area (Å²) >= 11 is 0. The van der Waals surface area contributed by atoms with Crippen LogP contribution in [0, 0.1) is 0 Å². The number of hydrogen-bond acceptors (Lipinski definition) is 2. The first-order valence-corrected chi connectivity index (χ1v) is 7.49. The molecule has 3 nitrogen and oxygen atoms in total. The average molecular weight is 293 g/mol. The number of ether oxygens (including phenoxy) is 1. The summed E-state index contributed by atoms with van der Waals surface area (Å²) in [4.78, 5) is 15.3. The highest BCUT2D eigenvalue weighted by Gasteiger charge is 2.15. The van der Waals surface area contributed by atoms with E-state index in [9.17, 15) is 4.79 Å². The van der Waals surface area contributed by atoms with E-state index < -0.39 is 0 Å². The van der Waals surface area contributed by atoms with Gasteiger partial charge in [-0.05, 0) is 23.1 Å². The van der Waals surface area contributed by atoms with Crippen LogP contribution in [0.5, 0.6) is 0 Å². The maximum absolute atomic E-state index is 12.0.